The number of likely N-dealkylation sites (N-methyl/N-ethyl adjacent to an activating group) is 1. The highest BCUT2D eigenvalue weighted by atomic mass is 19.2. The van der Waals surface area contributed by atoms with Crippen LogP contribution >= 0.6 is 0 Å². The maximum absolute atomic E-state index is 13.7. The number of nitrogens with zero attached hydrogens (tertiary/aromatic N) is 1. The lowest BCUT2D eigenvalue weighted by Gasteiger charge is -2.42. The smallest absolute Gasteiger partial charge is 0.162 e. The fourth-order valence-corrected chi connectivity index (χ4v) is 2.47. The zero-order valence-corrected chi connectivity index (χ0v) is 12.2. The quantitative estimate of drug-likeness (QED) is 0.861. The molecule has 0 heterocycles. The van der Waals surface area contributed by atoms with Crippen LogP contribution in [0.4, 0.5) is 8.78 Å². The second-order valence-corrected chi connectivity index (χ2v) is 5.35. The summed E-state index contributed by atoms with van der Waals surface area (Å²) in [5.41, 5.74) is 6.30. The van der Waals surface area contributed by atoms with Gasteiger partial charge in [-0.2, -0.15) is 0 Å². The van der Waals surface area contributed by atoms with Crippen molar-refractivity contribution in [2.75, 3.05) is 13.1 Å². The molecule has 0 aliphatic heterocycles. The molecule has 1 rings (SSSR count). The Balaban J connectivity index is 2.89. The Labute approximate surface area is 114 Å². The molecule has 108 valence electrons. The van der Waals surface area contributed by atoms with Crippen LogP contribution in [0.1, 0.15) is 33.3 Å². The van der Waals surface area contributed by atoms with Gasteiger partial charge in [0.15, 0.2) is 11.6 Å². The summed E-state index contributed by atoms with van der Waals surface area (Å²) >= 11 is 0. The lowest BCUT2D eigenvalue weighted by molar-refractivity contribution is 0.106. The average molecular weight is 270 g/mol. The molecule has 0 aliphatic carbocycles. The van der Waals surface area contributed by atoms with E-state index in [1.807, 2.05) is 13.8 Å². The van der Waals surface area contributed by atoms with Gasteiger partial charge in [-0.1, -0.05) is 26.0 Å². The van der Waals surface area contributed by atoms with Crippen LogP contribution in [0.15, 0.2) is 18.2 Å². The molecule has 0 saturated heterocycles. The van der Waals surface area contributed by atoms with E-state index in [0.29, 0.717) is 12.0 Å². The molecule has 1 unspecified atom stereocenters. The number of nitrogens with two attached hydrogens (primary N) is 1. The van der Waals surface area contributed by atoms with Crippen molar-refractivity contribution in [3.8, 4) is 0 Å². The first kappa shape index (κ1) is 16.1. The predicted octanol–water partition coefficient (Wildman–Crippen LogP) is 2.96. The van der Waals surface area contributed by atoms with Gasteiger partial charge in [-0.05, 0) is 45.0 Å². The Bertz CT molecular complexity index is 415. The fourth-order valence-electron chi connectivity index (χ4n) is 2.47. The SMILES string of the molecule is CCN(CC)C(C)(C)C(N)Cc1cccc(F)c1F. The van der Waals surface area contributed by atoms with Crippen LogP contribution in [0.25, 0.3) is 0 Å². The third-order valence-electron chi connectivity index (χ3n) is 3.96. The summed E-state index contributed by atoms with van der Waals surface area (Å²) in [5.74, 6) is -1.60. The third kappa shape index (κ3) is 3.51. The molecular formula is C15H24F2N2. The van der Waals surface area contributed by atoms with E-state index in [2.05, 4.69) is 18.7 Å². The molecule has 1 aromatic carbocycles. The van der Waals surface area contributed by atoms with E-state index in [1.165, 1.54) is 6.07 Å². The summed E-state index contributed by atoms with van der Waals surface area (Å²) in [4.78, 5) is 2.23. The van der Waals surface area contributed by atoms with E-state index >= 15 is 0 Å². The number of hydrogen-bond donors (Lipinski definition) is 1. The maximum Gasteiger partial charge on any atom is 0.162 e. The topological polar surface area (TPSA) is 29.3 Å². The zero-order valence-electron chi connectivity index (χ0n) is 12.2. The molecule has 2 N–H and O–H groups in total. The number of benzene rings is 1. The van der Waals surface area contributed by atoms with Crippen molar-refractivity contribution in [1.29, 1.82) is 0 Å². The highest BCUT2D eigenvalue weighted by Gasteiger charge is 2.32. The first-order valence-corrected chi connectivity index (χ1v) is 6.78. The molecular weight excluding hydrogens is 246 g/mol. The van der Waals surface area contributed by atoms with Gasteiger partial charge < -0.3 is 5.73 Å². The van der Waals surface area contributed by atoms with Crippen molar-refractivity contribution in [2.45, 2.75) is 45.7 Å². The average Bonchev–Trinajstić information content (AvgIpc) is 2.36. The van der Waals surface area contributed by atoms with Gasteiger partial charge in [-0.15, -0.1) is 0 Å². The minimum atomic E-state index is -0.814. The number of rotatable bonds is 6. The van der Waals surface area contributed by atoms with E-state index in [4.69, 9.17) is 5.73 Å². The largest absolute Gasteiger partial charge is 0.326 e. The fraction of sp³-hybridized carbons (Fsp3) is 0.600. The van der Waals surface area contributed by atoms with Gasteiger partial charge in [-0.25, -0.2) is 8.78 Å². The lowest BCUT2D eigenvalue weighted by Crippen LogP contribution is -2.56. The monoisotopic (exact) mass is 270 g/mol. The standard InChI is InChI=1S/C15H24F2N2/c1-5-19(6-2)15(3,4)13(18)10-11-8-7-9-12(16)14(11)17/h7-9,13H,5-6,10,18H2,1-4H3. The van der Waals surface area contributed by atoms with Gasteiger partial charge in [0.1, 0.15) is 0 Å². The van der Waals surface area contributed by atoms with Crippen LogP contribution in [0.2, 0.25) is 0 Å². The molecule has 0 amide bonds. The molecule has 0 bridgehead atoms. The molecule has 0 aliphatic rings. The molecule has 4 heteroatoms. The number of halogens is 2. The summed E-state index contributed by atoms with van der Waals surface area (Å²) in [6, 6.07) is 3.98. The van der Waals surface area contributed by atoms with E-state index in [0.717, 1.165) is 19.2 Å². The minimum absolute atomic E-state index is 0.260. The molecule has 0 aromatic heterocycles. The van der Waals surface area contributed by atoms with Crippen LogP contribution in [0.3, 0.4) is 0 Å². The molecule has 0 radical (unpaired) electrons. The van der Waals surface area contributed by atoms with E-state index < -0.39 is 11.6 Å². The normalized spacial score (nSPS) is 13.9. The van der Waals surface area contributed by atoms with Gasteiger partial charge in [-0.3, -0.25) is 4.90 Å². The van der Waals surface area contributed by atoms with Crippen LogP contribution < -0.4 is 5.73 Å². The first-order chi connectivity index (χ1) is 8.84. The first-order valence-electron chi connectivity index (χ1n) is 6.78. The second kappa shape index (κ2) is 6.44. The molecule has 0 spiro atoms. The minimum Gasteiger partial charge on any atom is -0.326 e. The van der Waals surface area contributed by atoms with E-state index in [1.54, 1.807) is 6.07 Å². The summed E-state index contributed by atoms with van der Waals surface area (Å²) in [6.07, 6.45) is 0.326. The van der Waals surface area contributed by atoms with Gasteiger partial charge in [0.25, 0.3) is 0 Å². The van der Waals surface area contributed by atoms with Crippen LogP contribution in [-0.2, 0) is 6.42 Å². The Morgan fingerprint density at radius 3 is 2.32 bits per heavy atom. The van der Waals surface area contributed by atoms with Crippen molar-refractivity contribution >= 4 is 0 Å². The van der Waals surface area contributed by atoms with Crippen LogP contribution in [0.5, 0.6) is 0 Å². The zero-order chi connectivity index (χ0) is 14.6. The van der Waals surface area contributed by atoms with Gasteiger partial charge in [0.05, 0.1) is 0 Å². The van der Waals surface area contributed by atoms with E-state index in [-0.39, 0.29) is 11.6 Å². The molecule has 1 atom stereocenters. The van der Waals surface area contributed by atoms with Crippen LogP contribution in [-0.4, -0.2) is 29.6 Å². The van der Waals surface area contributed by atoms with Gasteiger partial charge in [0.2, 0.25) is 0 Å². The Kier molecular flexibility index (Phi) is 5.44. The van der Waals surface area contributed by atoms with Gasteiger partial charge in [0, 0.05) is 11.6 Å². The molecule has 2 nitrogen and oxygen atoms in total. The third-order valence-corrected chi connectivity index (χ3v) is 3.96. The Morgan fingerprint density at radius 1 is 1.21 bits per heavy atom. The highest BCUT2D eigenvalue weighted by Crippen LogP contribution is 2.22. The summed E-state index contributed by atoms with van der Waals surface area (Å²) in [7, 11) is 0. The Morgan fingerprint density at radius 2 is 1.79 bits per heavy atom. The lowest BCUT2D eigenvalue weighted by atomic mass is 9.88. The van der Waals surface area contributed by atoms with Crippen LogP contribution in [0, 0.1) is 11.6 Å². The molecule has 0 saturated carbocycles. The highest BCUT2D eigenvalue weighted by molar-refractivity contribution is 5.21. The summed E-state index contributed by atoms with van der Waals surface area (Å²) < 4.78 is 26.9. The molecule has 1 aromatic rings. The Hall–Kier alpha value is -1.00. The van der Waals surface area contributed by atoms with Crippen molar-refractivity contribution in [3.05, 3.63) is 35.4 Å². The predicted molar refractivity (Wildman–Crippen MR) is 75.0 cm³/mol. The van der Waals surface area contributed by atoms with Crippen molar-refractivity contribution < 1.29 is 8.78 Å². The van der Waals surface area contributed by atoms with Gasteiger partial charge >= 0.3 is 0 Å². The van der Waals surface area contributed by atoms with E-state index in [9.17, 15) is 8.78 Å². The van der Waals surface area contributed by atoms with Crippen molar-refractivity contribution in [1.82, 2.24) is 4.90 Å². The molecule has 0 fully saturated rings. The van der Waals surface area contributed by atoms with Crippen molar-refractivity contribution in [3.63, 3.8) is 0 Å². The van der Waals surface area contributed by atoms with Crippen molar-refractivity contribution in [2.24, 2.45) is 5.73 Å². The molecule has 19 heavy (non-hydrogen) atoms. The summed E-state index contributed by atoms with van der Waals surface area (Å²) in [5, 5.41) is 0. The maximum atomic E-state index is 13.7. The number of hydrogen-bond acceptors (Lipinski definition) is 2. The second-order valence-electron chi connectivity index (χ2n) is 5.35. The summed E-state index contributed by atoms with van der Waals surface area (Å²) in [6.45, 7) is 9.98.